The molecular formula is C23H22F3N5O2. The summed E-state index contributed by atoms with van der Waals surface area (Å²) in [5, 5.41) is 3.26. The Kier molecular flexibility index (Phi) is 5.30. The van der Waals surface area contributed by atoms with Crippen LogP contribution in [0.15, 0.2) is 54.0 Å². The third kappa shape index (κ3) is 4.17. The van der Waals surface area contributed by atoms with Crippen LogP contribution in [-0.2, 0) is 11.0 Å². The summed E-state index contributed by atoms with van der Waals surface area (Å²) in [4.78, 5) is 27.8. The number of amides is 1. The molecule has 3 aliphatic rings. The molecule has 10 heteroatoms. The van der Waals surface area contributed by atoms with Gasteiger partial charge in [-0.05, 0) is 43.9 Å². The number of alkyl halides is 3. The topological polar surface area (TPSA) is 80.2 Å². The Labute approximate surface area is 188 Å². The zero-order valence-electron chi connectivity index (χ0n) is 17.8. The van der Waals surface area contributed by atoms with Crippen molar-refractivity contribution in [3.8, 4) is 5.88 Å². The van der Waals surface area contributed by atoms with Crippen molar-refractivity contribution in [3.63, 3.8) is 0 Å². The molecule has 4 heterocycles. The molecule has 1 aliphatic carbocycles. The van der Waals surface area contributed by atoms with Crippen LogP contribution in [0, 0.1) is 5.92 Å². The van der Waals surface area contributed by atoms with Gasteiger partial charge in [0.25, 0.3) is 5.91 Å². The lowest BCUT2D eigenvalue weighted by Crippen LogP contribution is -2.48. The van der Waals surface area contributed by atoms with Crippen LogP contribution in [0.1, 0.15) is 31.2 Å². The van der Waals surface area contributed by atoms with Crippen LogP contribution in [0.2, 0.25) is 0 Å². The van der Waals surface area contributed by atoms with E-state index < -0.39 is 11.7 Å². The van der Waals surface area contributed by atoms with Gasteiger partial charge < -0.3 is 15.0 Å². The Morgan fingerprint density at radius 2 is 1.97 bits per heavy atom. The summed E-state index contributed by atoms with van der Waals surface area (Å²) in [5.41, 5.74) is 1.29. The minimum atomic E-state index is -4.45. The number of fused-ring (bicyclic) bond motifs is 2. The lowest BCUT2D eigenvalue weighted by molar-refractivity contribution is -0.138. The number of dihydropyridines is 1. The van der Waals surface area contributed by atoms with Crippen molar-refractivity contribution >= 4 is 11.6 Å². The first-order valence-electron chi connectivity index (χ1n) is 10.7. The smallest absolute Gasteiger partial charge is 0.417 e. The zero-order valence-corrected chi connectivity index (χ0v) is 17.8. The SMILES string of the molecule is CC1=CC(C(=O)N2CC3CC(Oc4ccc(C(F)(F)F)cn4)C2C3)=C(c2ncccn2)NC1. The lowest BCUT2D eigenvalue weighted by atomic mass is 10.0. The summed E-state index contributed by atoms with van der Waals surface area (Å²) >= 11 is 0. The predicted molar refractivity (Wildman–Crippen MR) is 113 cm³/mol. The number of halogens is 3. The standard InChI is InChI=1S/C23H22F3N5O2/c1-13-7-16(20(30-10-13)21-27-5-2-6-28-21)22(32)31-12-14-8-17(31)18(9-14)33-19-4-3-15(11-29-19)23(24,25)26/h2-7,11,14,17-18,30H,8-10,12H2,1H3. The van der Waals surface area contributed by atoms with Gasteiger partial charge in [0.05, 0.1) is 22.9 Å². The molecule has 0 radical (unpaired) electrons. The molecule has 5 rings (SSSR count). The lowest BCUT2D eigenvalue weighted by Gasteiger charge is -2.34. The molecule has 1 saturated heterocycles. The highest BCUT2D eigenvalue weighted by molar-refractivity contribution is 6.04. The van der Waals surface area contributed by atoms with Crippen LogP contribution in [0.25, 0.3) is 5.70 Å². The highest BCUT2D eigenvalue weighted by Gasteiger charge is 2.49. The molecular weight excluding hydrogens is 435 g/mol. The van der Waals surface area contributed by atoms with E-state index in [0.717, 1.165) is 30.7 Å². The summed E-state index contributed by atoms with van der Waals surface area (Å²) in [5.74, 6) is 0.721. The van der Waals surface area contributed by atoms with E-state index in [1.165, 1.54) is 6.07 Å². The summed E-state index contributed by atoms with van der Waals surface area (Å²) < 4.78 is 44.3. The minimum absolute atomic E-state index is 0.126. The first-order chi connectivity index (χ1) is 15.8. The molecule has 7 nitrogen and oxygen atoms in total. The van der Waals surface area contributed by atoms with E-state index in [1.54, 1.807) is 23.4 Å². The van der Waals surface area contributed by atoms with Crippen LogP contribution < -0.4 is 10.1 Å². The number of hydrogen-bond acceptors (Lipinski definition) is 6. The average molecular weight is 457 g/mol. The molecule has 0 spiro atoms. The number of rotatable bonds is 4. The van der Waals surface area contributed by atoms with Crippen LogP contribution in [0.5, 0.6) is 5.88 Å². The van der Waals surface area contributed by atoms with E-state index in [4.69, 9.17) is 4.74 Å². The molecule has 33 heavy (non-hydrogen) atoms. The Morgan fingerprint density at radius 1 is 1.18 bits per heavy atom. The number of carbonyl (C=O) groups excluding carboxylic acids is 1. The molecule has 3 unspecified atom stereocenters. The van der Waals surface area contributed by atoms with Gasteiger partial charge in [0, 0.05) is 37.7 Å². The molecule has 3 atom stereocenters. The van der Waals surface area contributed by atoms with E-state index in [9.17, 15) is 18.0 Å². The Morgan fingerprint density at radius 3 is 2.64 bits per heavy atom. The van der Waals surface area contributed by atoms with E-state index in [0.29, 0.717) is 30.2 Å². The number of carbonyl (C=O) groups is 1. The number of ether oxygens (including phenoxy) is 1. The van der Waals surface area contributed by atoms with Crippen molar-refractivity contribution in [1.82, 2.24) is 25.2 Å². The molecule has 1 amide bonds. The Hall–Kier alpha value is -3.43. The van der Waals surface area contributed by atoms with Crippen LogP contribution in [-0.4, -0.2) is 51.0 Å². The van der Waals surface area contributed by atoms with Gasteiger partial charge in [-0.25, -0.2) is 15.0 Å². The van der Waals surface area contributed by atoms with Gasteiger partial charge in [-0.1, -0.05) is 5.57 Å². The van der Waals surface area contributed by atoms with Crippen molar-refractivity contribution in [3.05, 3.63) is 65.4 Å². The molecule has 0 aromatic carbocycles. The van der Waals surface area contributed by atoms with Crippen molar-refractivity contribution < 1.29 is 22.7 Å². The van der Waals surface area contributed by atoms with Crippen LogP contribution in [0.4, 0.5) is 13.2 Å². The predicted octanol–water partition coefficient (Wildman–Crippen LogP) is 3.22. The minimum Gasteiger partial charge on any atom is -0.472 e. The fourth-order valence-corrected chi connectivity index (χ4v) is 4.74. The third-order valence-corrected chi connectivity index (χ3v) is 6.25. The molecule has 172 valence electrons. The number of aromatic nitrogens is 3. The van der Waals surface area contributed by atoms with Crippen molar-refractivity contribution in [2.75, 3.05) is 13.1 Å². The first kappa shape index (κ1) is 21.4. The molecule has 2 bridgehead atoms. The summed E-state index contributed by atoms with van der Waals surface area (Å²) in [6.07, 6.45) is 2.64. The van der Waals surface area contributed by atoms with Gasteiger partial charge in [-0.3, -0.25) is 4.79 Å². The Bertz CT molecular complexity index is 1120. The number of nitrogens with one attached hydrogen (secondary N) is 1. The number of nitrogens with zero attached hydrogens (tertiary/aromatic N) is 4. The summed E-state index contributed by atoms with van der Waals surface area (Å²) in [6, 6.07) is 3.72. The van der Waals surface area contributed by atoms with Gasteiger partial charge in [-0.2, -0.15) is 13.2 Å². The fourth-order valence-electron chi connectivity index (χ4n) is 4.74. The molecule has 2 aliphatic heterocycles. The third-order valence-electron chi connectivity index (χ3n) is 6.25. The second-order valence-corrected chi connectivity index (χ2v) is 8.61. The molecule has 1 saturated carbocycles. The van der Waals surface area contributed by atoms with Crippen molar-refractivity contribution in [2.24, 2.45) is 5.92 Å². The van der Waals surface area contributed by atoms with Gasteiger partial charge in [0.1, 0.15) is 6.10 Å². The maximum absolute atomic E-state index is 13.6. The largest absolute Gasteiger partial charge is 0.472 e. The van der Waals surface area contributed by atoms with E-state index >= 15 is 0 Å². The highest BCUT2D eigenvalue weighted by atomic mass is 19.4. The quantitative estimate of drug-likeness (QED) is 0.760. The van der Waals surface area contributed by atoms with Crippen molar-refractivity contribution in [2.45, 2.75) is 38.1 Å². The molecule has 2 fully saturated rings. The maximum Gasteiger partial charge on any atom is 0.417 e. The summed E-state index contributed by atoms with van der Waals surface area (Å²) in [7, 11) is 0. The monoisotopic (exact) mass is 457 g/mol. The fraction of sp³-hybridized carbons (Fsp3) is 0.391. The van der Waals surface area contributed by atoms with Gasteiger partial charge in [-0.15, -0.1) is 0 Å². The van der Waals surface area contributed by atoms with Gasteiger partial charge >= 0.3 is 6.18 Å². The second-order valence-electron chi connectivity index (χ2n) is 8.61. The molecule has 2 aromatic rings. The number of piperidine rings is 1. The molecule has 2 aromatic heterocycles. The van der Waals surface area contributed by atoms with Crippen LogP contribution >= 0.6 is 0 Å². The summed E-state index contributed by atoms with van der Waals surface area (Å²) in [6.45, 7) is 3.16. The van der Waals surface area contributed by atoms with E-state index in [2.05, 4.69) is 20.3 Å². The Balaban J connectivity index is 1.37. The average Bonchev–Trinajstić information content (AvgIpc) is 3.39. The van der Waals surface area contributed by atoms with Crippen LogP contribution in [0.3, 0.4) is 0 Å². The number of likely N-dealkylation sites (tertiary alicyclic amines) is 1. The van der Waals surface area contributed by atoms with Gasteiger partial charge in [0.15, 0.2) is 5.82 Å². The van der Waals surface area contributed by atoms with Gasteiger partial charge in [0.2, 0.25) is 5.88 Å². The first-order valence-corrected chi connectivity index (χ1v) is 10.7. The number of pyridine rings is 1. The van der Waals surface area contributed by atoms with E-state index in [1.807, 2.05) is 13.0 Å². The maximum atomic E-state index is 13.6. The van der Waals surface area contributed by atoms with Crippen molar-refractivity contribution in [1.29, 1.82) is 0 Å². The highest BCUT2D eigenvalue weighted by Crippen LogP contribution is 2.41. The number of hydrogen-bond donors (Lipinski definition) is 1. The van der Waals surface area contributed by atoms with E-state index in [-0.39, 0.29) is 29.9 Å². The normalized spacial score (nSPS) is 24.5. The second kappa shape index (κ2) is 8.17. The molecule has 1 N–H and O–H groups in total. The zero-order chi connectivity index (χ0) is 23.2.